The molecule has 9 heteroatoms. The molecular weight excluding hydrogens is 515 g/mol. The molecule has 0 heterocycles. The molecule has 0 saturated heterocycles. The maximum absolute atomic E-state index is 12.0. The van der Waals surface area contributed by atoms with Gasteiger partial charge >= 0.3 is 0 Å². The Labute approximate surface area is 196 Å². The highest BCUT2D eigenvalue weighted by atomic mass is 127. The minimum absolute atomic E-state index is 0. The van der Waals surface area contributed by atoms with E-state index >= 15 is 0 Å². The van der Waals surface area contributed by atoms with E-state index in [0.717, 1.165) is 23.3 Å². The maximum Gasteiger partial charge on any atom is 0.216 e. The topological polar surface area (TPSA) is 106 Å². The van der Waals surface area contributed by atoms with Gasteiger partial charge < -0.3 is 15.8 Å². The summed E-state index contributed by atoms with van der Waals surface area (Å²) in [6.07, 6.45) is 0.827. The van der Waals surface area contributed by atoms with Crippen molar-refractivity contribution in [3.05, 3.63) is 65.2 Å². The second-order valence-electron chi connectivity index (χ2n) is 7.07. The van der Waals surface area contributed by atoms with Crippen LogP contribution in [0.25, 0.3) is 0 Å². The Kier molecular flexibility index (Phi) is 11.1. The minimum Gasteiger partial charge on any atom is -0.497 e. The molecule has 0 radical (unpaired) electrons. The zero-order valence-corrected chi connectivity index (χ0v) is 20.7. The predicted octanol–water partition coefficient (Wildman–Crippen LogP) is 2.79. The Balaban J connectivity index is 0.00000450. The third-order valence-corrected chi connectivity index (χ3v) is 5.65. The van der Waals surface area contributed by atoms with Crippen molar-refractivity contribution in [1.82, 2.24) is 10.0 Å². The van der Waals surface area contributed by atoms with E-state index in [0.29, 0.717) is 19.0 Å². The summed E-state index contributed by atoms with van der Waals surface area (Å²) in [7, 11) is -1.68. The van der Waals surface area contributed by atoms with E-state index in [1.165, 1.54) is 5.56 Å². The van der Waals surface area contributed by atoms with Gasteiger partial charge in [0, 0.05) is 12.6 Å². The van der Waals surface area contributed by atoms with E-state index in [1.54, 1.807) is 33.1 Å². The number of hydrogen-bond acceptors (Lipinski definition) is 4. The van der Waals surface area contributed by atoms with Crippen molar-refractivity contribution < 1.29 is 13.2 Å². The van der Waals surface area contributed by atoms with Crippen molar-refractivity contribution in [2.24, 2.45) is 10.7 Å². The number of nitrogens with two attached hydrogens (primary N) is 1. The molecule has 0 unspecified atom stereocenters. The van der Waals surface area contributed by atoms with E-state index in [1.807, 2.05) is 36.4 Å². The van der Waals surface area contributed by atoms with Crippen LogP contribution in [0.5, 0.6) is 5.75 Å². The number of rotatable bonds is 10. The smallest absolute Gasteiger partial charge is 0.216 e. The summed E-state index contributed by atoms with van der Waals surface area (Å²) in [6, 6.07) is 15.1. The number of nitrogens with zero attached hydrogens (tertiary/aromatic N) is 1. The molecule has 2 aromatic carbocycles. The number of guanidine groups is 1. The van der Waals surface area contributed by atoms with Crippen LogP contribution in [0.1, 0.15) is 30.5 Å². The molecule has 4 N–H and O–H groups in total. The summed E-state index contributed by atoms with van der Waals surface area (Å²) in [5, 5.41) is 3.10. The molecule has 30 heavy (non-hydrogen) atoms. The molecule has 0 aliphatic carbocycles. The molecule has 0 aliphatic rings. The van der Waals surface area contributed by atoms with E-state index in [4.69, 9.17) is 10.5 Å². The summed E-state index contributed by atoms with van der Waals surface area (Å²) in [4.78, 5) is 4.33. The number of nitrogens with one attached hydrogen (secondary N) is 2. The number of halogens is 1. The highest BCUT2D eigenvalue weighted by molar-refractivity contribution is 14.0. The molecule has 0 amide bonds. The van der Waals surface area contributed by atoms with Gasteiger partial charge in [0.05, 0.1) is 19.4 Å². The Hall–Kier alpha value is -1.85. The fourth-order valence-corrected chi connectivity index (χ4v) is 4.15. The fraction of sp³-hybridized carbons (Fsp3) is 0.381. The zero-order valence-electron chi connectivity index (χ0n) is 17.6. The summed E-state index contributed by atoms with van der Waals surface area (Å²) < 4.78 is 31.7. The van der Waals surface area contributed by atoms with Crippen LogP contribution in [0.15, 0.2) is 53.5 Å². The van der Waals surface area contributed by atoms with E-state index < -0.39 is 10.0 Å². The minimum atomic E-state index is -3.32. The quantitative estimate of drug-likeness (QED) is 0.242. The van der Waals surface area contributed by atoms with Crippen molar-refractivity contribution in [1.29, 1.82) is 0 Å². The molecule has 166 valence electrons. The van der Waals surface area contributed by atoms with E-state index in [9.17, 15) is 8.42 Å². The SMILES string of the molecule is COc1ccc(CCNC(N)=NCc2ccc(CS(=O)(=O)NC(C)C)cc2)cc1.I. The molecule has 0 bridgehead atoms. The van der Waals surface area contributed by atoms with Crippen LogP contribution in [0.3, 0.4) is 0 Å². The van der Waals surface area contributed by atoms with Gasteiger partial charge in [0.25, 0.3) is 0 Å². The molecule has 0 aromatic heterocycles. The summed E-state index contributed by atoms with van der Waals surface area (Å²) in [5.74, 6) is 1.18. The lowest BCUT2D eigenvalue weighted by Crippen LogP contribution is -2.33. The van der Waals surface area contributed by atoms with Gasteiger partial charge in [-0.1, -0.05) is 36.4 Å². The molecule has 0 atom stereocenters. The zero-order chi connectivity index (χ0) is 21.3. The summed E-state index contributed by atoms with van der Waals surface area (Å²) in [6.45, 7) is 4.71. The molecule has 0 aliphatic heterocycles. The monoisotopic (exact) mass is 546 g/mol. The average Bonchev–Trinajstić information content (AvgIpc) is 2.66. The van der Waals surface area contributed by atoms with E-state index in [2.05, 4.69) is 15.0 Å². The number of aliphatic imine (C=N–C) groups is 1. The Bertz CT molecular complexity index is 899. The normalized spacial score (nSPS) is 11.8. The third kappa shape index (κ3) is 9.77. The van der Waals surface area contributed by atoms with Gasteiger partial charge in [0.2, 0.25) is 10.0 Å². The largest absolute Gasteiger partial charge is 0.497 e. The van der Waals surface area contributed by atoms with Gasteiger partial charge in [-0.3, -0.25) is 0 Å². The first kappa shape index (κ1) is 26.2. The number of methoxy groups -OCH3 is 1. The van der Waals surface area contributed by atoms with Crippen LogP contribution in [0, 0.1) is 0 Å². The number of hydrogen-bond donors (Lipinski definition) is 3. The van der Waals surface area contributed by atoms with Crippen molar-refractivity contribution >= 4 is 40.0 Å². The van der Waals surface area contributed by atoms with Crippen LogP contribution < -0.4 is 20.5 Å². The third-order valence-electron chi connectivity index (χ3n) is 4.11. The molecule has 0 spiro atoms. The highest BCUT2D eigenvalue weighted by Crippen LogP contribution is 2.11. The van der Waals surface area contributed by atoms with Gasteiger partial charge in [-0.05, 0) is 49.1 Å². The van der Waals surface area contributed by atoms with Crippen molar-refractivity contribution in [2.75, 3.05) is 13.7 Å². The first-order valence-corrected chi connectivity index (χ1v) is 11.2. The lowest BCUT2D eigenvalue weighted by molar-refractivity contribution is 0.414. The van der Waals surface area contributed by atoms with Gasteiger partial charge in [0.1, 0.15) is 5.75 Å². The first-order valence-electron chi connectivity index (χ1n) is 9.52. The molecule has 2 rings (SSSR count). The van der Waals surface area contributed by atoms with Crippen molar-refractivity contribution in [3.8, 4) is 5.75 Å². The Morgan fingerprint density at radius 1 is 1.03 bits per heavy atom. The average molecular weight is 546 g/mol. The lowest BCUT2D eigenvalue weighted by Gasteiger charge is -2.10. The van der Waals surface area contributed by atoms with Crippen LogP contribution in [0.2, 0.25) is 0 Å². The van der Waals surface area contributed by atoms with E-state index in [-0.39, 0.29) is 35.8 Å². The van der Waals surface area contributed by atoms with Gasteiger partial charge in [0.15, 0.2) is 5.96 Å². The molecule has 0 fully saturated rings. The highest BCUT2D eigenvalue weighted by Gasteiger charge is 2.12. The molecular formula is C21H31IN4O3S. The molecule has 2 aromatic rings. The standard InChI is InChI=1S/C21H30N4O3S.HI/c1-16(2)25-29(26,27)15-19-6-4-18(5-7-19)14-24-21(22)23-13-12-17-8-10-20(28-3)11-9-17;/h4-11,16,25H,12-15H2,1-3H3,(H3,22,23,24);1H. The van der Waals surface area contributed by atoms with Gasteiger partial charge in [-0.15, -0.1) is 24.0 Å². The fourth-order valence-electron chi connectivity index (χ4n) is 2.72. The predicted molar refractivity (Wildman–Crippen MR) is 133 cm³/mol. The first-order chi connectivity index (χ1) is 13.8. The maximum atomic E-state index is 12.0. The summed E-state index contributed by atoms with van der Waals surface area (Å²) >= 11 is 0. The van der Waals surface area contributed by atoms with Gasteiger partial charge in [-0.25, -0.2) is 18.1 Å². The van der Waals surface area contributed by atoms with Crippen molar-refractivity contribution in [3.63, 3.8) is 0 Å². The number of ether oxygens (including phenoxy) is 1. The molecule has 7 nitrogen and oxygen atoms in total. The summed E-state index contributed by atoms with van der Waals surface area (Å²) in [5.41, 5.74) is 8.80. The van der Waals surface area contributed by atoms with Gasteiger partial charge in [-0.2, -0.15) is 0 Å². The van der Waals surface area contributed by atoms with Crippen LogP contribution in [0.4, 0.5) is 0 Å². The second kappa shape index (κ2) is 12.8. The van der Waals surface area contributed by atoms with Crippen LogP contribution in [-0.2, 0) is 28.7 Å². The number of benzene rings is 2. The second-order valence-corrected chi connectivity index (χ2v) is 8.83. The Morgan fingerprint density at radius 2 is 1.60 bits per heavy atom. The Morgan fingerprint density at radius 3 is 2.17 bits per heavy atom. The van der Waals surface area contributed by atoms with Crippen molar-refractivity contribution in [2.45, 2.75) is 38.6 Å². The lowest BCUT2D eigenvalue weighted by atomic mass is 10.1. The van der Waals surface area contributed by atoms with Crippen LogP contribution >= 0.6 is 24.0 Å². The van der Waals surface area contributed by atoms with Crippen LogP contribution in [-0.4, -0.2) is 34.1 Å². The molecule has 0 saturated carbocycles. The number of sulfonamides is 1.